The van der Waals surface area contributed by atoms with E-state index in [2.05, 4.69) is 9.97 Å². The maximum atomic E-state index is 12.9. The van der Waals surface area contributed by atoms with Crippen LogP contribution >= 0.6 is 0 Å². The lowest BCUT2D eigenvalue weighted by atomic mass is 9.93. The third kappa shape index (κ3) is 3.19. The molecule has 1 amide bonds. The summed E-state index contributed by atoms with van der Waals surface area (Å²) < 4.78 is 18.4. The molecule has 2 unspecified atom stereocenters. The first-order valence-corrected chi connectivity index (χ1v) is 7.78. The number of nitrogens with zero attached hydrogens (tertiary/aromatic N) is 4. The van der Waals surface area contributed by atoms with E-state index < -0.39 is 5.82 Å². The van der Waals surface area contributed by atoms with Crippen molar-refractivity contribution in [3.63, 3.8) is 0 Å². The number of amides is 1. The second-order valence-corrected chi connectivity index (χ2v) is 5.84. The lowest BCUT2D eigenvalue weighted by Gasteiger charge is -2.38. The second kappa shape index (κ2) is 6.56. The standard InChI is InChI=1S/C15H21FN4O2/c1-11-13(3-2-8-22-11)14(21)19-4-6-20(7-5-19)15-17-9-12(16)10-18-15/h9-11,13H,2-8H2,1H3. The van der Waals surface area contributed by atoms with Crippen LogP contribution in [-0.4, -0.2) is 59.7 Å². The number of ether oxygens (including phenoxy) is 1. The van der Waals surface area contributed by atoms with Gasteiger partial charge in [-0.25, -0.2) is 14.4 Å². The molecule has 3 rings (SSSR count). The first-order chi connectivity index (χ1) is 10.6. The predicted molar refractivity (Wildman–Crippen MR) is 78.9 cm³/mol. The Labute approximate surface area is 129 Å². The van der Waals surface area contributed by atoms with Crippen molar-refractivity contribution in [3.05, 3.63) is 18.2 Å². The van der Waals surface area contributed by atoms with Gasteiger partial charge in [0.1, 0.15) is 0 Å². The maximum Gasteiger partial charge on any atom is 0.228 e. The number of carbonyl (C=O) groups excluding carboxylic acids is 1. The molecule has 0 radical (unpaired) electrons. The average molecular weight is 308 g/mol. The van der Waals surface area contributed by atoms with Crippen LogP contribution in [0.5, 0.6) is 0 Å². The highest BCUT2D eigenvalue weighted by molar-refractivity contribution is 5.79. The summed E-state index contributed by atoms with van der Waals surface area (Å²) in [7, 11) is 0. The minimum absolute atomic E-state index is 0.000267. The van der Waals surface area contributed by atoms with Crippen LogP contribution in [0, 0.1) is 11.7 Å². The summed E-state index contributed by atoms with van der Waals surface area (Å²) in [5.41, 5.74) is 0. The lowest BCUT2D eigenvalue weighted by molar-refractivity contribution is -0.144. The molecule has 2 saturated heterocycles. The Morgan fingerprint density at radius 1 is 1.27 bits per heavy atom. The summed E-state index contributed by atoms with van der Waals surface area (Å²) in [6.07, 6.45) is 4.19. The normalized spacial score (nSPS) is 26.1. The molecule has 7 heteroatoms. The van der Waals surface area contributed by atoms with Gasteiger partial charge in [0, 0.05) is 32.8 Å². The Balaban J connectivity index is 1.57. The topological polar surface area (TPSA) is 58.6 Å². The molecule has 2 aliphatic heterocycles. The minimum atomic E-state index is -0.441. The Bertz CT molecular complexity index is 517. The van der Waals surface area contributed by atoms with Crippen LogP contribution in [-0.2, 0) is 9.53 Å². The zero-order valence-electron chi connectivity index (χ0n) is 12.7. The number of aromatic nitrogens is 2. The first kappa shape index (κ1) is 15.1. The summed E-state index contributed by atoms with van der Waals surface area (Å²) >= 11 is 0. The van der Waals surface area contributed by atoms with E-state index in [-0.39, 0.29) is 17.9 Å². The minimum Gasteiger partial charge on any atom is -0.378 e. The number of hydrogen-bond acceptors (Lipinski definition) is 5. The smallest absolute Gasteiger partial charge is 0.228 e. The molecule has 0 spiro atoms. The lowest BCUT2D eigenvalue weighted by Crippen LogP contribution is -2.52. The third-order valence-corrected chi connectivity index (χ3v) is 4.40. The van der Waals surface area contributed by atoms with Crippen LogP contribution in [0.2, 0.25) is 0 Å². The van der Waals surface area contributed by atoms with Gasteiger partial charge in [0.25, 0.3) is 0 Å². The first-order valence-electron chi connectivity index (χ1n) is 7.78. The van der Waals surface area contributed by atoms with Crippen LogP contribution in [0.15, 0.2) is 12.4 Å². The van der Waals surface area contributed by atoms with Gasteiger partial charge in [0.15, 0.2) is 5.82 Å². The highest BCUT2D eigenvalue weighted by atomic mass is 19.1. The van der Waals surface area contributed by atoms with Gasteiger partial charge in [0.2, 0.25) is 11.9 Å². The third-order valence-electron chi connectivity index (χ3n) is 4.40. The molecule has 2 fully saturated rings. The molecule has 0 aromatic carbocycles. The van der Waals surface area contributed by atoms with Crippen LogP contribution in [0.3, 0.4) is 0 Å². The van der Waals surface area contributed by atoms with Gasteiger partial charge in [-0.1, -0.05) is 0 Å². The average Bonchev–Trinajstić information content (AvgIpc) is 2.56. The molecule has 0 saturated carbocycles. The zero-order valence-corrected chi connectivity index (χ0v) is 12.7. The number of halogens is 1. The van der Waals surface area contributed by atoms with E-state index in [0.29, 0.717) is 32.1 Å². The number of anilines is 1. The van der Waals surface area contributed by atoms with Crippen molar-refractivity contribution in [2.24, 2.45) is 5.92 Å². The highest BCUT2D eigenvalue weighted by Crippen LogP contribution is 2.23. The van der Waals surface area contributed by atoms with E-state index in [1.165, 1.54) is 12.4 Å². The van der Waals surface area contributed by atoms with E-state index in [4.69, 9.17) is 4.74 Å². The fourth-order valence-electron chi connectivity index (χ4n) is 3.08. The van der Waals surface area contributed by atoms with Crippen molar-refractivity contribution in [1.82, 2.24) is 14.9 Å². The zero-order chi connectivity index (χ0) is 15.5. The largest absolute Gasteiger partial charge is 0.378 e. The second-order valence-electron chi connectivity index (χ2n) is 5.84. The van der Waals surface area contributed by atoms with E-state index in [9.17, 15) is 9.18 Å². The molecule has 120 valence electrons. The van der Waals surface area contributed by atoms with Gasteiger partial charge < -0.3 is 14.5 Å². The molecule has 6 nitrogen and oxygen atoms in total. The predicted octanol–water partition coefficient (Wildman–Crippen LogP) is 1.08. The molecule has 0 aliphatic carbocycles. The van der Waals surface area contributed by atoms with Crippen molar-refractivity contribution in [2.45, 2.75) is 25.9 Å². The van der Waals surface area contributed by atoms with E-state index >= 15 is 0 Å². The van der Waals surface area contributed by atoms with Gasteiger partial charge in [-0.2, -0.15) is 0 Å². The summed E-state index contributed by atoms with van der Waals surface area (Å²) in [5, 5.41) is 0. The number of carbonyl (C=O) groups is 1. The van der Waals surface area contributed by atoms with Gasteiger partial charge >= 0.3 is 0 Å². The summed E-state index contributed by atoms with van der Waals surface area (Å²) in [5.74, 6) is 0.237. The number of hydrogen-bond donors (Lipinski definition) is 0. The molecular formula is C15H21FN4O2. The maximum absolute atomic E-state index is 12.9. The summed E-state index contributed by atoms with van der Waals surface area (Å²) in [4.78, 5) is 24.5. The van der Waals surface area contributed by atoms with Crippen LogP contribution in [0.4, 0.5) is 10.3 Å². The molecule has 0 N–H and O–H groups in total. The summed E-state index contributed by atoms with van der Waals surface area (Å²) in [6.45, 7) is 5.34. The van der Waals surface area contributed by atoms with Gasteiger partial charge in [-0.3, -0.25) is 4.79 Å². The van der Waals surface area contributed by atoms with Crippen molar-refractivity contribution < 1.29 is 13.9 Å². The quantitative estimate of drug-likeness (QED) is 0.818. The molecule has 2 atom stereocenters. The SMILES string of the molecule is CC1OCCCC1C(=O)N1CCN(c2ncc(F)cn2)CC1. The molecule has 3 heterocycles. The van der Waals surface area contributed by atoms with E-state index in [1.54, 1.807) is 0 Å². The Morgan fingerprint density at radius 3 is 2.59 bits per heavy atom. The Hall–Kier alpha value is -1.76. The van der Waals surface area contributed by atoms with E-state index in [0.717, 1.165) is 19.4 Å². The number of rotatable bonds is 2. The fourth-order valence-corrected chi connectivity index (χ4v) is 3.08. The fraction of sp³-hybridized carbons (Fsp3) is 0.667. The molecule has 22 heavy (non-hydrogen) atoms. The van der Waals surface area contributed by atoms with Gasteiger partial charge in [-0.05, 0) is 19.8 Å². The molecular weight excluding hydrogens is 287 g/mol. The van der Waals surface area contributed by atoms with Crippen molar-refractivity contribution in [1.29, 1.82) is 0 Å². The van der Waals surface area contributed by atoms with Crippen molar-refractivity contribution in [3.8, 4) is 0 Å². The summed E-state index contributed by atoms with van der Waals surface area (Å²) in [6, 6.07) is 0. The van der Waals surface area contributed by atoms with E-state index in [1.807, 2.05) is 16.7 Å². The van der Waals surface area contributed by atoms with Crippen molar-refractivity contribution in [2.75, 3.05) is 37.7 Å². The monoisotopic (exact) mass is 308 g/mol. The number of piperazine rings is 1. The Kier molecular flexibility index (Phi) is 4.52. The van der Waals surface area contributed by atoms with Crippen molar-refractivity contribution >= 4 is 11.9 Å². The molecule has 1 aromatic heterocycles. The Morgan fingerprint density at radius 2 is 1.95 bits per heavy atom. The van der Waals surface area contributed by atoms with Crippen LogP contribution in [0.25, 0.3) is 0 Å². The highest BCUT2D eigenvalue weighted by Gasteiger charge is 2.33. The molecule has 0 bridgehead atoms. The molecule has 1 aromatic rings. The van der Waals surface area contributed by atoms with Gasteiger partial charge in [0.05, 0.1) is 24.4 Å². The van der Waals surface area contributed by atoms with Crippen LogP contribution < -0.4 is 4.90 Å². The molecule has 2 aliphatic rings. The van der Waals surface area contributed by atoms with Crippen LogP contribution in [0.1, 0.15) is 19.8 Å². The van der Waals surface area contributed by atoms with Gasteiger partial charge in [-0.15, -0.1) is 0 Å².